The highest BCUT2D eigenvalue weighted by Gasteiger charge is 2.18. The van der Waals surface area contributed by atoms with Crippen molar-refractivity contribution < 1.29 is 19.3 Å². The zero-order chi connectivity index (χ0) is 8.85. The van der Waals surface area contributed by atoms with Crippen LogP contribution in [-0.4, -0.2) is 17.6 Å². The van der Waals surface area contributed by atoms with Gasteiger partial charge in [-0.15, -0.1) is 9.24 Å². The second kappa shape index (κ2) is 5.01. The molecule has 0 saturated carbocycles. The van der Waals surface area contributed by atoms with Crippen LogP contribution in [0, 0.1) is 0 Å². The summed E-state index contributed by atoms with van der Waals surface area (Å²) >= 11 is 0. The van der Waals surface area contributed by atoms with Crippen molar-refractivity contribution >= 4 is 21.2 Å². The van der Waals surface area contributed by atoms with E-state index >= 15 is 0 Å². The molecular weight excluding hydrogens is 171 g/mol. The van der Waals surface area contributed by atoms with E-state index in [1.165, 1.54) is 0 Å². The molecule has 64 valence electrons. The third kappa shape index (κ3) is 3.87. The van der Waals surface area contributed by atoms with Gasteiger partial charge in [0.15, 0.2) is 0 Å². The number of rotatable bonds is 3. The molecule has 2 atom stereocenters. The summed E-state index contributed by atoms with van der Waals surface area (Å²) in [5.41, 5.74) is -0.712. The molecule has 0 bridgehead atoms. The Bertz CT molecular complexity index is 162. The number of hydrogen-bond acceptors (Lipinski definition) is 6. The van der Waals surface area contributed by atoms with Crippen molar-refractivity contribution in [2.45, 2.75) is 12.1 Å². The van der Waals surface area contributed by atoms with Crippen LogP contribution in [-0.2, 0) is 19.3 Å². The SMILES string of the molecule is NOC(=O)CC(P)C(=O)ON. The van der Waals surface area contributed by atoms with Gasteiger partial charge in [0.1, 0.15) is 0 Å². The van der Waals surface area contributed by atoms with Crippen LogP contribution in [0.15, 0.2) is 0 Å². The highest BCUT2D eigenvalue weighted by atomic mass is 31.0. The Morgan fingerprint density at radius 3 is 2.27 bits per heavy atom. The molecule has 11 heavy (non-hydrogen) atoms. The first-order valence-corrected chi connectivity index (χ1v) is 3.34. The average molecular weight is 180 g/mol. The summed E-state index contributed by atoms with van der Waals surface area (Å²) < 4.78 is 0. The molecule has 0 heterocycles. The van der Waals surface area contributed by atoms with Gasteiger partial charge in [0.05, 0.1) is 12.1 Å². The molecule has 0 fully saturated rings. The van der Waals surface area contributed by atoms with Gasteiger partial charge >= 0.3 is 11.9 Å². The lowest BCUT2D eigenvalue weighted by atomic mass is 10.3. The van der Waals surface area contributed by atoms with Crippen LogP contribution in [0.25, 0.3) is 0 Å². The summed E-state index contributed by atoms with van der Waals surface area (Å²) in [6.45, 7) is 0. The van der Waals surface area contributed by atoms with Crippen molar-refractivity contribution in [1.82, 2.24) is 0 Å². The maximum Gasteiger partial charge on any atom is 0.331 e. The summed E-state index contributed by atoms with van der Waals surface area (Å²) in [4.78, 5) is 28.6. The van der Waals surface area contributed by atoms with Gasteiger partial charge in [-0.05, 0) is 0 Å². The molecule has 0 aromatic rings. The Kier molecular flexibility index (Phi) is 4.69. The predicted molar refractivity (Wildman–Crippen MR) is 38.7 cm³/mol. The minimum atomic E-state index is -0.712. The summed E-state index contributed by atoms with van der Waals surface area (Å²) in [6, 6.07) is 0. The fourth-order valence-corrected chi connectivity index (χ4v) is 0.669. The Morgan fingerprint density at radius 2 is 1.91 bits per heavy atom. The summed E-state index contributed by atoms with van der Waals surface area (Å²) in [6.07, 6.45) is -0.169. The predicted octanol–water partition coefficient (Wildman–Crippen LogP) is -1.55. The van der Waals surface area contributed by atoms with E-state index < -0.39 is 17.6 Å². The van der Waals surface area contributed by atoms with Crippen LogP contribution >= 0.6 is 9.24 Å². The second-order valence-electron chi connectivity index (χ2n) is 1.74. The molecule has 0 aliphatic rings. The summed E-state index contributed by atoms with van der Waals surface area (Å²) in [7, 11) is 2.08. The van der Waals surface area contributed by atoms with Crippen molar-refractivity contribution in [3.63, 3.8) is 0 Å². The molecule has 0 aromatic carbocycles. The summed E-state index contributed by atoms with van der Waals surface area (Å²) in [5, 5.41) is 0. The van der Waals surface area contributed by atoms with Crippen LogP contribution in [0.5, 0.6) is 0 Å². The molecule has 4 N–H and O–H groups in total. The van der Waals surface area contributed by atoms with E-state index in [1.54, 1.807) is 0 Å². The molecule has 0 radical (unpaired) electrons. The van der Waals surface area contributed by atoms with Gasteiger partial charge in [-0.1, -0.05) is 0 Å². The Labute approximate surface area is 65.3 Å². The van der Waals surface area contributed by atoms with Crippen molar-refractivity contribution in [2.24, 2.45) is 11.8 Å². The van der Waals surface area contributed by atoms with Crippen LogP contribution in [0.2, 0.25) is 0 Å². The fraction of sp³-hybridized carbons (Fsp3) is 0.500. The molecule has 0 spiro atoms. The molecule has 0 rings (SSSR count). The average Bonchev–Trinajstić information content (AvgIpc) is 2.02. The van der Waals surface area contributed by atoms with E-state index in [4.69, 9.17) is 0 Å². The molecule has 7 heteroatoms. The van der Waals surface area contributed by atoms with Crippen molar-refractivity contribution in [3.05, 3.63) is 0 Å². The first-order valence-electron chi connectivity index (χ1n) is 2.67. The normalized spacial score (nSPS) is 11.9. The molecule has 0 saturated heterocycles. The number of hydrogen-bond donors (Lipinski definition) is 2. The number of nitrogens with two attached hydrogens (primary N) is 2. The second-order valence-corrected chi connectivity index (χ2v) is 2.54. The summed E-state index contributed by atoms with van der Waals surface area (Å²) in [5.74, 6) is 7.66. The van der Waals surface area contributed by atoms with E-state index in [-0.39, 0.29) is 6.42 Å². The van der Waals surface area contributed by atoms with E-state index in [1.807, 2.05) is 0 Å². The first-order chi connectivity index (χ1) is 5.11. The quantitative estimate of drug-likeness (QED) is 0.402. The molecule has 6 nitrogen and oxygen atoms in total. The van der Waals surface area contributed by atoms with E-state index in [9.17, 15) is 9.59 Å². The zero-order valence-corrected chi connectivity index (χ0v) is 6.80. The molecule has 2 unspecified atom stereocenters. The maximum atomic E-state index is 10.5. The highest BCUT2D eigenvalue weighted by Crippen LogP contribution is 2.06. The Balaban J connectivity index is 3.77. The van der Waals surface area contributed by atoms with Gasteiger partial charge in [0, 0.05) is 0 Å². The van der Waals surface area contributed by atoms with Gasteiger partial charge < -0.3 is 9.68 Å². The molecule has 0 aromatic heterocycles. The van der Waals surface area contributed by atoms with Gasteiger partial charge in [0.2, 0.25) is 0 Å². The monoisotopic (exact) mass is 180 g/mol. The standard InChI is InChI=1S/C4H9N2O4P/c5-9-3(7)1-2(11)4(8)10-6/h2H,1,5-6,11H2. The molecule has 0 aliphatic carbocycles. The third-order valence-corrected chi connectivity index (χ3v) is 1.44. The van der Waals surface area contributed by atoms with Crippen molar-refractivity contribution in [2.75, 3.05) is 0 Å². The smallest absolute Gasteiger partial charge is 0.331 e. The highest BCUT2D eigenvalue weighted by molar-refractivity contribution is 7.19. The lowest BCUT2D eigenvalue weighted by Gasteiger charge is -2.04. The van der Waals surface area contributed by atoms with Crippen LogP contribution in [0.3, 0.4) is 0 Å². The van der Waals surface area contributed by atoms with Gasteiger partial charge in [0.25, 0.3) is 0 Å². The molecule has 0 aliphatic heterocycles. The maximum absolute atomic E-state index is 10.5. The fourth-order valence-electron chi connectivity index (χ4n) is 0.398. The topological polar surface area (TPSA) is 105 Å². The molecule has 0 amide bonds. The third-order valence-electron chi connectivity index (χ3n) is 0.937. The van der Waals surface area contributed by atoms with E-state index in [0.717, 1.165) is 0 Å². The van der Waals surface area contributed by atoms with Crippen LogP contribution in [0.4, 0.5) is 0 Å². The largest absolute Gasteiger partial charge is 0.373 e. The van der Waals surface area contributed by atoms with Gasteiger partial charge in [-0.25, -0.2) is 4.79 Å². The zero-order valence-electron chi connectivity index (χ0n) is 5.65. The minimum absolute atomic E-state index is 0.169. The molecular formula is C4H9N2O4P. The van der Waals surface area contributed by atoms with Crippen LogP contribution < -0.4 is 11.8 Å². The minimum Gasteiger partial charge on any atom is -0.373 e. The lowest BCUT2D eigenvalue weighted by Crippen LogP contribution is -2.25. The van der Waals surface area contributed by atoms with Crippen molar-refractivity contribution in [1.29, 1.82) is 0 Å². The van der Waals surface area contributed by atoms with E-state index in [0.29, 0.717) is 0 Å². The first kappa shape index (κ1) is 10.3. The van der Waals surface area contributed by atoms with Crippen LogP contribution in [0.1, 0.15) is 6.42 Å². The lowest BCUT2D eigenvalue weighted by molar-refractivity contribution is -0.150. The van der Waals surface area contributed by atoms with Crippen molar-refractivity contribution in [3.8, 4) is 0 Å². The number of carbonyl (C=O) groups is 2. The number of carbonyl (C=O) groups excluding carboxylic acids is 2. The van der Waals surface area contributed by atoms with Gasteiger partial charge in [-0.3, -0.25) is 4.79 Å². The van der Waals surface area contributed by atoms with E-state index in [2.05, 4.69) is 30.7 Å². The van der Waals surface area contributed by atoms with Gasteiger partial charge in [-0.2, -0.15) is 11.8 Å². The Hall–Kier alpha value is -0.710. The Morgan fingerprint density at radius 1 is 1.36 bits per heavy atom.